The van der Waals surface area contributed by atoms with Crippen molar-refractivity contribution in [2.75, 3.05) is 25.3 Å². The molecule has 4 aromatic rings. The number of thioether (sulfide) groups is 1. The van der Waals surface area contributed by atoms with E-state index in [4.69, 9.17) is 37.7 Å². The Hall–Kier alpha value is -3.33. The van der Waals surface area contributed by atoms with Crippen LogP contribution < -0.4 is 14.8 Å². The SMILES string of the molecule is COc1ccc(-c2nnc(SCCC(=O)Nc3ccc(Cl)cc3Cl)nc2-c2ccc(OC)cc2)cc1. The molecule has 0 spiro atoms. The second-order valence-corrected chi connectivity index (χ2v) is 9.43. The summed E-state index contributed by atoms with van der Waals surface area (Å²) in [6.07, 6.45) is 0.241. The first-order valence-corrected chi connectivity index (χ1v) is 12.6. The molecule has 0 radical (unpaired) electrons. The number of benzene rings is 3. The molecule has 0 aliphatic carbocycles. The van der Waals surface area contributed by atoms with Crippen molar-refractivity contribution in [3.8, 4) is 34.0 Å². The summed E-state index contributed by atoms with van der Waals surface area (Å²) < 4.78 is 10.5. The Kier molecular flexibility index (Phi) is 8.64. The fourth-order valence-electron chi connectivity index (χ4n) is 3.30. The van der Waals surface area contributed by atoms with E-state index in [1.165, 1.54) is 11.8 Å². The van der Waals surface area contributed by atoms with Gasteiger partial charge in [-0.3, -0.25) is 4.79 Å². The molecule has 0 bridgehead atoms. The molecule has 36 heavy (non-hydrogen) atoms. The van der Waals surface area contributed by atoms with Crippen LogP contribution in [0.25, 0.3) is 22.5 Å². The summed E-state index contributed by atoms with van der Waals surface area (Å²) >= 11 is 13.4. The highest BCUT2D eigenvalue weighted by Crippen LogP contribution is 2.32. The van der Waals surface area contributed by atoms with Crippen LogP contribution in [0, 0.1) is 0 Å². The van der Waals surface area contributed by atoms with Crippen molar-refractivity contribution in [1.82, 2.24) is 15.2 Å². The molecule has 1 aromatic heterocycles. The van der Waals surface area contributed by atoms with E-state index in [-0.39, 0.29) is 12.3 Å². The second kappa shape index (κ2) is 12.1. The van der Waals surface area contributed by atoms with Crippen molar-refractivity contribution in [2.45, 2.75) is 11.6 Å². The number of hydrogen-bond acceptors (Lipinski definition) is 7. The summed E-state index contributed by atoms with van der Waals surface area (Å²) in [6.45, 7) is 0. The number of hydrogen-bond donors (Lipinski definition) is 1. The Morgan fingerprint density at radius 2 is 1.47 bits per heavy atom. The number of carbonyl (C=O) groups excluding carboxylic acids is 1. The first-order valence-electron chi connectivity index (χ1n) is 10.9. The standard InChI is InChI=1S/C26H22Cl2N4O3S/c1-34-19-8-3-16(4-9-19)24-25(17-5-10-20(35-2)11-6-17)31-32-26(30-24)36-14-13-23(33)29-22-12-7-18(27)15-21(22)28/h3-12,15H,13-14H2,1-2H3,(H,29,33). The number of carbonyl (C=O) groups is 1. The quantitative estimate of drug-likeness (QED) is 0.238. The van der Waals surface area contributed by atoms with Gasteiger partial charge in [0.2, 0.25) is 11.1 Å². The van der Waals surface area contributed by atoms with Gasteiger partial charge in [-0.2, -0.15) is 0 Å². The van der Waals surface area contributed by atoms with Gasteiger partial charge in [0.25, 0.3) is 0 Å². The molecule has 184 valence electrons. The topological polar surface area (TPSA) is 86.2 Å². The maximum atomic E-state index is 12.4. The zero-order chi connectivity index (χ0) is 25.5. The molecule has 0 saturated heterocycles. The van der Waals surface area contributed by atoms with Crippen molar-refractivity contribution in [2.24, 2.45) is 0 Å². The lowest BCUT2D eigenvalue weighted by atomic mass is 10.0. The van der Waals surface area contributed by atoms with Gasteiger partial charge in [-0.25, -0.2) is 4.98 Å². The highest BCUT2D eigenvalue weighted by Gasteiger charge is 2.15. The van der Waals surface area contributed by atoms with Crippen LogP contribution >= 0.6 is 35.0 Å². The summed E-state index contributed by atoms with van der Waals surface area (Å²) in [5.74, 6) is 1.77. The maximum absolute atomic E-state index is 12.4. The molecule has 0 aliphatic rings. The number of nitrogens with one attached hydrogen (secondary N) is 1. The van der Waals surface area contributed by atoms with Crippen LogP contribution in [0.1, 0.15) is 6.42 Å². The molecule has 1 amide bonds. The van der Waals surface area contributed by atoms with E-state index >= 15 is 0 Å². The van der Waals surface area contributed by atoms with Crippen LogP contribution in [0.3, 0.4) is 0 Å². The Balaban J connectivity index is 1.51. The Morgan fingerprint density at radius 1 is 0.861 bits per heavy atom. The molecule has 0 unspecified atom stereocenters. The van der Waals surface area contributed by atoms with Crippen molar-refractivity contribution in [3.63, 3.8) is 0 Å². The Bertz CT molecular complexity index is 1350. The molecule has 1 N–H and O–H groups in total. The lowest BCUT2D eigenvalue weighted by molar-refractivity contribution is -0.115. The van der Waals surface area contributed by atoms with E-state index in [0.29, 0.717) is 38.0 Å². The van der Waals surface area contributed by atoms with Gasteiger partial charge >= 0.3 is 0 Å². The van der Waals surface area contributed by atoms with Crippen LogP contribution in [-0.2, 0) is 4.79 Å². The van der Waals surface area contributed by atoms with E-state index in [2.05, 4.69) is 15.5 Å². The third-order valence-electron chi connectivity index (χ3n) is 5.16. The van der Waals surface area contributed by atoms with E-state index in [1.807, 2.05) is 48.5 Å². The fraction of sp³-hybridized carbons (Fsp3) is 0.154. The molecule has 0 aliphatic heterocycles. The number of ether oxygens (including phenoxy) is 2. The number of nitrogens with zero attached hydrogens (tertiary/aromatic N) is 3. The van der Waals surface area contributed by atoms with Crippen molar-refractivity contribution in [3.05, 3.63) is 76.8 Å². The number of methoxy groups -OCH3 is 2. The van der Waals surface area contributed by atoms with E-state index < -0.39 is 0 Å². The summed E-state index contributed by atoms with van der Waals surface area (Å²) in [5, 5.41) is 12.9. The minimum Gasteiger partial charge on any atom is -0.497 e. The number of amides is 1. The molecule has 3 aromatic carbocycles. The lowest BCUT2D eigenvalue weighted by Crippen LogP contribution is -2.12. The fourth-order valence-corrected chi connectivity index (χ4v) is 4.48. The van der Waals surface area contributed by atoms with Crippen LogP contribution in [0.15, 0.2) is 71.9 Å². The number of aromatic nitrogens is 3. The zero-order valence-corrected chi connectivity index (χ0v) is 21.8. The number of halogens is 2. The van der Waals surface area contributed by atoms with Gasteiger partial charge in [0.05, 0.1) is 24.9 Å². The number of anilines is 1. The van der Waals surface area contributed by atoms with Crippen LogP contribution in [0.4, 0.5) is 5.69 Å². The van der Waals surface area contributed by atoms with Crippen molar-refractivity contribution < 1.29 is 14.3 Å². The van der Waals surface area contributed by atoms with Gasteiger partial charge in [0.15, 0.2) is 0 Å². The molecule has 0 atom stereocenters. The molecule has 1 heterocycles. The summed E-state index contributed by atoms with van der Waals surface area (Å²) in [6, 6.07) is 20.1. The van der Waals surface area contributed by atoms with E-state index in [9.17, 15) is 4.79 Å². The Morgan fingerprint density at radius 3 is 2.06 bits per heavy atom. The molecule has 4 rings (SSSR count). The van der Waals surface area contributed by atoms with Gasteiger partial charge in [-0.05, 0) is 66.7 Å². The van der Waals surface area contributed by atoms with Crippen LogP contribution in [0.5, 0.6) is 11.5 Å². The van der Waals surface area contributed by atoms with Crippen molar-refractivity contribution in [1.29, 1.82) is 0 Å². The first-order chi connectivity index (χ1) is 17.5. The third-order valence-corrected chi connectivity index (χ3v) is 6.55. The smallest absolute Gasteiger partial charge is 0.225 e. The van der Waals surface area contributed by atoms with Gasteiger partial charge in [0.1, 0.15) is 22.9 Å². The molecular weight excluding hydrogens is 519 g/mol. The Labute approximate surface area is 223 Å². The molecular formula is C26H22Cl2N4O3S. The predicted molar refractivity (Wildman–Crippen MR) is 144 cm³/mol. The predicted octanol–water partition coefficient (Wildman–Crippen LogP) is 6.65. The monoisotopic (exact) mass is 540 g/mol. The van der Waals surface area contributed by atoms with E-state index in [1.54, 1.807) is 32.4 Å². The zero-order valence-electron chi connectivity index (χ0n) is 19.5. The van der Waals surface area contributed by atoms with Crippen LogP contribution in [0.2, 0.25) is 10.0 Å². The average molecular weight is 541 g/mol. The summed E-state index contributed by atoms with van der Waals surface area (Å²) in [4.78, 5) is 17.2. The third kappa shape index (κ3) is 6.46. The maximum Gasteiger partial charge on any atom is 0.225 e. The molecule has 7 nitrogen and oxygen atoms in total. The first kappa shape index (κ1) is 25.8. The largest absolute Gasteiger partial charge is 0.497 e. The summed E-state index contributed by atoms with van der Waals surface area (Å²) in [5.41, 5.74) is 3.56. The highest BCUT2D eigenvalue weighted by atomic mass is 35.5. The second-order valence-electron chi connectivity index (χ2n) is 7.52. The highest BCUT2D eigenvalue weighted by molar-refractivity contribution is 7.99. The van der Waals surface area contributed by atoms with Gasteiger partial charge in [-0.1, -0.05) is 35.0 Å². The number of rotatable bonds is 9. The van der Waals surface area contributed by atoms with Crippen molar-refractivity contribution >= 4 is 46.6 Å². The van der Waals surface area contributed by atoms with Gasteiger partial charge < -0.3 is 14.8 Å². The van der Waals surface area contributed by atoms with E-state index in [0.717, 1.165) is 22.6 Å². The summed E-state index contributed by atoms with van der Waals surface area (Å²) in [7, 11) is 3.24. The minimum atomic E-state index is -0.176. The van der Waals surface area contributed by atoms with Gasteiger partial charge in [-0.15, -0.1) is 10.2 Å². The molecule has 10 heteroatoms. The van der Waals surface area contributed by atoms with Crippen LogP contribution in [-0.4, -0.2) is 41.1 Å². The average Bonchev–Trinajstić information content (AvgIpc) is 2.90. The minimum absolute atomic E-state index is 0.176. The lowest BCUT2D eigenvalue weighted by Gasteiger charge is -2.11. The normalized spacial score (nSPS) is 10.7. The molecule has 0 saturated carbocycles. The molecule has 0 fully saturated rings. The van der Waals surface area contributed by atoms with Gasteiger partial charge in [0, 0.05) is 28.3 Å².